The number of hydrogen-bond acceptors (Lipinski definition) is 4. The van der Waals surface area contributed by atoms with Crippen molar-refractivity contribution in [1.29, 1.82) is 0 Å². The van der Waals surface area contributed by atoms with Crippen LogP contribution in [0.5, 0.6) is 0 Å². The number of para-hydroxylation sites is 2. The molecule has 0 bridgehead atoms. The SMILES string of the molecule is CC(C)(C)[C@H]1CCc2c(sc(N=C3C(=O)N(Cc4ccccc4Cl)c4ccccc43)c2C(=O)Nc2ccccc2)C1. The topological polar surface area (TPSA) is 61.8 Å². The molecule has 1 aromatic heterocycles. The van der Waals surface area contributed by atoms with Gasteiger partial charge in [-0.15, -0.1) is 11.3 Å². The Morgan fingerprint density at radius 3 is 2.49 bits per heavy atom. The summed E-state index contributed by atoms with van der Waals surface area (Å²) in [5.41, 5.74) is 5.32. The van der Waals surface area contributed by atoms with E-state index in [1.165, 1.54) is 4.88 Å². The van der Waals surface area contributed by atoms with Crippen LogP contribution in [0.3, 0.4) is 0 Å². The Balaban J connectivity index is 1.43. The number of fused-ring (bicyclic) bond motifs is 2. The van der Waals surface area contributed by atoms with Gasteiger partial charge in [0.2, 0.25) is 0 Å². The normalized spacial score (nSPS) is 17.5. The Hall–Kier alpha value is -3.74. The first-order chi connectivity index (χ1) is 19.7. The van der Waals surface area contributed by atoms with E-state index in [1.54, 1.807) is 16.2 Å². The molecule has 5 nitrogen and oxygen atoms in total. The second-order valence-electron chi connectivity index (χ2n) is 11.8. The maximum Gasteiger partial charge on any atom is 0.277 e. The first kappa shape index (κ1) is 27.4. The van der Waals surface area contributed by atoms with Crippen LogP contribution >= 0.6 is 22.9 Å². The van der Waals surface area contributed by atoms with E-state index in [2.05, 4.69) is 26.1 Å². The van der Waals surface area contributed by atoms with Crippen LogP contribution in [0.25, 0.3) is 0 Å². The monoisotopic (exact) mass is 581 g/mol. The lowest BCUT2D eigenvalue weighted by atomic mass is 9.72. The average Bonchev–Trinajstić information content (AvgIpc) is 3.44. The first-order valence-electron chi connectivity index (χ1n) is 13.9. The third kappa shape index (κ3) is 5.34. The summed E-state index contributed by atoms with van der Waals surface area (Å²) in [4.78, 5) is 35.7. The van der Waals surface area contributed by atoms with E-state index in [0.717, 1.165) is 47.3 Å². The van der Waals surface area contributed by atoms with Crippen molar-refractivity contribution in [2.75, 3.05) is 10.2 Å². The van der Waals surface area contributed by atoms with Gasteiger partial charge < -0.3 is 10.2 Å². The lowest BCUT2D eigenvalue weighted by Gasteiger charge is -2.33. The number of rotatable bonds is 5. The standard InChI is InChI=1S/C34H32ClN3O2S/c1-34(2,3)22-17-18-25-28(19-22)41-32(29(25)31(39)36-23-12-5-4-6-13-23)37-30-24-14-8-10-16-27(24)38(33(30)40)20-21-11-7-9-15-26(21)35/h4-16,22H,17-20H2,1-3H3,(H,36,39)/t22-/m0/s1. The zero-order chi connectivity index (χ0) is 28.7. The molecule has 0 radical (unpaired) electrons. The largest absolute Gasteiger partial charge is 0.322 e. The fourth-order valence-corrected chi connectivity index (χ4v) is 7.26. The Bertz CT molecular complexity index is 1670. The van der Waals surface area contributed by atoms with Crippen molar-refractivity contribution >= 4 is 56.8 Å². The molecule has 7 heteroatoms. The van der Waals surface area contributed by atoms with Gasteiger partial charge in [-0.2, -0.15) is 0 Å². The molecule has 2 amide bonds. The molecule has 0 saturated carbocycles. The van der Waals surface area contributed by atoms with Crippen LogP contribution in [0, 0.1) is 11.3 Å². The van der Waals surface area contributed by atoms with Gasteiger partial charge in [0.25, 0.3) is 11.8 Å². The van der Waals surface area contributed by atoms with E-state index in [4.69, 9.17) is 16.6 Å². The third-order valence-corrected chi connectivity index (χ3v) is 9.64. The van der Waals surface area contributed by atoms with Gasteiger partial charge in [-0.05, 0) is 66.0 Å². The molecule has 0 fully saturated rings. The van der Waals surface area contributed by atoms with Crippen molar-refractivity contribution in [2.45, 2.75) is 46.6 Å². The molecule has 2 aliphatic rings. The number of carbonyl (C=O) groups excluding carboxylic acids is 2. The zero-order valence-corrected chi connectivity index (χ0v) is 25.0. The average molecular weight is 582 g/mol. The van der Waals surface area contributed by atoms with Crippen LogP contribution in [-0.4, -0.2) is 17.5 Å². The molecule has 41 heavy (non-hydrogen) atoms. The van der Waals surface area contributed by atoms with Gasteiger partial charge in [-0.1, -0.05) is 87.0 Å². The number of halogens is 1. The molecular weight excluding hydrogens is 550 g/mol. The molecule has 1 aliphatic carbocycles. The number of hydrogen-bond donors (Lipinski definition) is 1. The molecule has 2 heterocycles. The highest BCUT2D eigenvalue weighted by atomic mass is 35.5. The predicted octanol–water partition coefficient (Wildman–Crippen LogP) is 8.47. The van der Waals surface area contributed by atoms with E-state index in [9.17, 15) is 9.59 Å². The van der Waals surface area contributed by atoms with Gasteiger partial charge in [0.05, 0.1) is 17.8 Å². The Kier molecular flexibility index (Phi) is 7.30. The molecule has 0 spiro atoms. The van der Waals surface area contributed by atoms with E-state index in [-0.39, 0.29) is 17.2 Å². The molecule has 1 N–H and O–H groups in total. The number of amides is 2. The molecular formula is C34H32ClN3O2S. The van der Waals surface area contributed by atoms with E-state index in [0.29, 0.717) is 33.8 Å². The maximum absolute atomic E-state index is 13.9. The molecule has 3 aromatic carbocycles. The van der Waals surface area contributed by atoms with Crippen LogP contribution in [0.4, 0.5) is 16.4 Å². The second kappa shape index (κ2) is 10.9. The molecule has 1 aliphatic heterocycles. The fraction of sp³-hybridized carbons (Fsp3) is 0.265. The van der Waals surface area contributed by atoms with Crippen molar-refractivity contribution in [3.05, 3.63) is 111 Å². The highest BCUT2D eigenvalue weighted by Gasteiger charge is 2.37. The molecule has 0 unspecified atom stereocenters. The number of thiophene rings is 1. The van der Waals surface area contributed by atoms with Gasteiger partial charge in [-0.3, -0.25) is 9.59 Å². The van der Waals surface area contributed by atoms with E-state index < -0.39 is 0 Å². The smallest absolute Gasteiger partial charge is 0.277 e. The van der Waals surface area contributed by atoms with Gasteiger partial charge >= 0.3 is 0 Å². The fourth-order valence-electron chi connectivity index (χ4n) is 5.76. The summed E-state index contributed by atoms with van der Waals surface area (Å²) in [7, 11) is 0. The molecule has 4 aromatic rings. The molecule has 208 valence electrons. The molecule has 6 rings (SSSR count). The minimum absolute atomic E-state index is 0.166. The summed E-state index contributed by atoms with van der Waals surface area (Å²) >= 11 is 8.01. The van der Waals surface area contributed by atoms with Crippen LogP contribution in [-0.2, 0) is 24.2 Å². The number of nitrogens with one attached hydrogen (secondary N) is 1. The van der Waals surface area contributed by atoms with Gasteiger partial charge in [0.1, 0.15) is 10.7 Å². The zero-order valence-electron chi connectivity index (χ0n) is 23.4. The Labute approximate surface area is 249 Å². The Morgan fingerprint density at radius 2 is 1.73 bits per heavy atom. The minimum atomic E-state index is -0.195. The summed E-state index contributed by atoms with van der Waals surface area (Å²) < 4.78 is 0. The van der Waals surface area contributed by atoms with Crippen LogP contribution in [0.15, 0.2) is 83.9 Å². The lowest BCUT2D eigenvalue weighted by Crippen LogP contribution is -2.29. The Morgan fingerprint density at radius 1 is 1.02 bits per heavy atom. The summed E-state index contributed by atoms with van der Waals surface area (Å²) in [6.45, 7) is 7.18. The molecule has 0 saturated heterocycles. The summed E-state index contributed by atoms with van der Waals surface area (Å²) in [5, 5.41) is 4.27. The van der Waals surface area contributed by atoms with Gasteiger partial charge in [-0.25, -0.2) is 4.99 Å². The van der Waals surface area contributed by atoms with Crippen LogP contribution in [0.1, 0.15) is 59.1 Å². The van der Waals surface area contributed by atoms with E-state index >= 15 is 0 Å². The maximum atomic E-state index is 13.9. The summed E-state index contributed by atoms with van der Waals surface area (Å²) in [6.07, 6.45) is 2.74. The van der Waals surface area contributed by atoms with Crippen LogP contribution < -0.4 is 10.2 Å². The van der Waals surface area contributed by atoms with E-state index in [1.807, 2.05) is 78.9 Å². The summed E-state index contributed by atoms with van der Waals surface area (Å²) in [5.74, 6) is 0.132. The van der Waals surface area contributed by atoms with Crippen molar-refractivity contribution < 1.29 is 9.59 Å². The van der Waals surface area contributed by atoms with Crippen molar-refractivity contribution in [1.82, 2.24) is 0 Å². The number of nitrogens with zero attached hydrogens (tertiary/aromatic N) is 2. The van der Waals surface area contributed by atoms with Crippen molar-refractivity contribution in [3.8, 4) is 0 Å². The lowest BCUT2D eigenvalue weighted by molar-refractivity contribution is -0.112. The number of aliphatic imine (C=N–C) groups is 1. The third-order valence-electron chi connectivity index (χ3n) is 8.13. The van der Waals surface area contributed by atoms with Crippen molar-refractivity contribution in [3.63, 3.8) is 0 Å². The van der Waals surface area contributed by atoms with Gasteiger partial charge in [0, 0.05) is 21.2 Å². The number of benzene rings is 3. The number of anilines is 2. The second-order valence-corrected chi connectivity index (χ2v) is 13.3. The van der Waals surface area contributed by atoms with Crippen LogP contribution in [0.2, 0.25) is 5.02 Å². The first-order valence-corrected chi connectivity index (χ1v) is 15.1. The quantitative estimate of drug-likeness (QED) is 0.257. The summed E-state index contributed by atoms with van der Waals surface area (Å²) in [6, 6.07) is 24.7. The van der Waals surface area contributed by atoms with Gasteiger partial charge in [0.15, 0.2) is 0 Å². The minimum Gasteiger partial charge on any atom is -0.322 e. The highest BCUT2D eigenvalue weighted by molar-refractivity contribution is 7.16. The molecule has 1 atom stereocenters. The number of carbonyl (C=O) groups is 2. The van der Waals surface area contributed by atoms with Crippen molar-refractivity contribution in [2.24, 2.45) is 16.3 Å². The predicted molar refractivity (Wildman–Crippen MR) is 169 cm³/mol. The highest BCUT2D eigenvalue weighted by Crippen LogP contribution is 2.46.